The average molecular weight is 328 g/mol. The van der Waals surface area contributed by atoms with E-state index in [0.717, 1.165) is 32.6 Å². The van der Waals surface area contributed by atoms with Crippen LogP contribution >= 0.6 is 15.9 Å². The third-order valence-corrected chi connectivity index (χ3v) is 5.07. The van der Waals surface area contributed by atoms with Crippen molar-refractivity contribution in [3.05, 3.63) is 10.2 Å². The normalized spacial score (nSPS) is 26.2. The van der Waals surface area contributed by atoms with Crippen LogP contribution in [0.5, 0.6) is 0 Å². The number of aromatic nitrogens is 2. The average Bonchev–Trinajstić information content (AvgIpc) is 3.05. The topological polar surface area (TPSA) is 39.1 Å². The van der Waals surface area contributed by atoms with Gasteiger partial charge in [0.1, 0.15) is 5.82 Å². The predicted octanol–water partition coefficient (Wildman–Crippen LogP) is 3.38. The first-order valence-corrected chi connectivity index (χ1v) is 8.19. The van der Waals surface area contributed by atoms with E-state index in [9.17, 15) is 0 Å². The van der Waals surface area contributed by atoms with Crippen molar-refractivity contribution >= 4 is 21.7 Å². The van der Waals surface area contributed by atoms with Crippen molar-refractivity contribution in [3.8, 4) is 0 Å². The van der Waals surface area contributed by atoms with Gasteiger partial charge in [-0.05, 0) is 41.6 Å². The molecule has 1 N–H and O–H groups in total. The molecule has 106 valence electrons. The second kappa shape index (κ2) is 5.83. The van der Waals surface area contributed by atoms with E-state index in [4.69, 9.17) is 9.84 Å². The van der Waals surface area contributed by atoms with Crippen molar-refractivity contribution < 1.29 is 4.74 Å². The number of hydrogen-bond acceptors (Lipinski definition) is 3. The highest BCUT2D eigenvalue weighted by molar-refractivity contribution is 9.10. The molecule has 2 atom stereocenters. The van der Waals surface area contributed by atoms with Crippen LogP contribution in [-0.4, -0.2) is 29.5 Å². The van der Waals surface area contributed by atoms with Crippen LogP contribution in [0.2, 0.25) is 0 Å². The van der Waals surface area contributed by atoms with Gasteiger partial charge < -0.3 is 10.1 Å². The molecule has 1 saturated heterocycles. The fraction of sp³-hybridized carbons (Fsp3) is 0.786. The van der Waals surface area contributed by atoms with Gasteiger partial charge in [-0.25, -0.2) is 4.68 Å². The van der Waals surface area contributed by atoms with Gasteiger partial charge in [0.05, 0.1) is 22.8 Å². The number of anilines is 1. The Balaban J connectivity index is 1.86. The molecule has 0 spiro atoms. The fourth-order valence-electron chi connectivity index (χ4n) is 3.12. The van der Waals surface area contributed by atoms with Crippen LogP contribution in [0.15, 0.2) is 4.47 Å². The monoisotopic (exact) mass is 327 g/mol. The number of unbranched alkanes of at least 4 members (excludes halogenated alkanes) is 1. The Kier molecular flexibility index (Phi) is 4.12. The van der Waals surface area contributed by atoms with Gasteiger partial charge in [-0.2, -0.15) is 5.10 Å². The molecule has 0 aliphatic carbocycles. The van der Waals surface area contributed by atoms with Crippen LogP contribution in [0.1, 0.15) is 44.3 Å². The lowest BCUT2D eigenvalue weighted by atomic mass is 9.95. The first kappa shape index (κ1) is 13.4. The molecule has 0 bridgehead atoms. The molecular weight excluding hydrogens is 306 g/mol. The molecule has 19 heavy (non-hydrogen) atoms. The summed E-state index contributed by atoms with van der Waals surface area (Å²) in [5.41, 5.74) is 1.20. The molecule has 5 heteroatoms. The predicted molar refractivity (Wildman–Crippen MR) is 79.6 cm³/mol. The highest BCUT2D eigenvalue weighted by Crippen LogP contribution is 2.38. The smallest absolute Gasteiger partial charge is 0.139 e. The summed E-state index contributed by atoms with van der Waals surface area (Å²) >= 11 is 3.73. The number of hydrogen-bond donors (Lipinski definition) is 1. The van der Waals surface area contributed by atoms with E-state index in [0.29, 0.717) is 12.0 Å². The van der Waals surface area contributed by atoms with Crippen LogP contribution in [0.25, 0.3) is 0 Å². The number of ether oxygens (including phenoxy) is 1. The van der Waals surface area contributed by atoms with Crippen LogP contribution in [0.3, 0.4) is 0 Å². The van der Waals surface area contributed by atoms with Gasteiger partial charge in [-0.1, -0.05) is 13.3 Å². The molecule has 3 rings (SSSR count). The first-order valence-electron chi connectivity index (χ1n) is 7.39. The largest absolute Gasteiger partial charge is 0.381 e. The Morgan fingerprint density at radius 2 is 2.37 bits per heavy atom. The van der Waals surface area contributed by atoms with Crippen molar-refractivity contribution in [2.24, 2.45) is 5.92 Å². The molecule has 0 radical (unpaired) electrons. The molecule has 0 amide bonds. The molecule has 2 unspecified atom stereocenters. The highest BCUT2D eigenvalue weighted by Gasteiger charge is 2.33. The zero-order valence-electron chi connectivity index (χ0n) is 11.5. The zero-order valence-corrected chi connectivity index (χ0v) is 13.1. The summed E-state index contributed by atoms with van der Waals surface area (Å²) in [6.07, 6.45) is 5.80. The second-order valence-corrected chi connectivity index (χ2v) is 6.36. The molecule has 0 saturated carbocycles. The minimum Gasteiger partial charge on any atom is -0.381 e. The fourth-order valence-corrected chi connectivity index (χ4v) is 3.72. The highest BCUT2D eigenvalue weighted by atomic mass is 79.9. The number of aryl methyl sites for hydroxylation is 1. The summed E-state index contributed by atoms with van der Waals surface area (Å²) in [7, 11) is 0. The maximum absolute atomic E-state index is 5.55. The SMILES string of the molecule is CCCCc1nn2c(c1Br)NCCC2C1CCOC1. The maximum Gasteiger partial charge on any atom is 0.139 e. The van der Waals surface area contributed by atoms with E-state index in [1.54, 1.807) is 0 Å². The number of halogens is 1. The molecular formula is C14H22BrN3O. The van der Waals surface area contributed by atoms with E-state index in [2.05, 4.69) is 32.9 Å². The van der Waals surface area contributed by atoms with Crippen molar-refractivity contribution in [3.63, 3.8) is 0 Å². The van der Waals surface area contributed by atoms with Crippen LogP contribution in [-0.2, 0) is 11.2 Å². The van der Waals surface area contributed by atoms with Crippen molar-refractivity contribution in [2.45, 2.75) is 45.1 Å². The standard InChI is InChI=1S/C14H22BrN3O/c1-2-3-4-11-13(15)14-16-7-5-12(18(14)17-11)10-6-8-19-9-10/h10,12,16H,2-9H2,1H3. The third-order valence-electron chi connectivity index (χ3n) is 4.24. The van der Waals surface area contributed by atoms with Gasteiger partial charge in [0, 0.05) is 19.1 Å². The van der Waals surface area contributed by atoms with E-state index in [1.165, 1.54) is 35.2 Å². The molecule has 1 aromatic rings. The van der Waals surface area contributed by atoms with Gasteiger partial charge in [-0.3, -0.25) is 0 Å². The summed E-state index contributed by atoms with van der Waals surface area (Å²) < 4.78 is 8.95. The summed E-state index contributed by atoms with van der Waals surface area (Å²) in [5, 5.41) is 8.36. The van der Waals surface area contributed by atoms with Gasteiger partial charge in [0.15, 0.2) is 0 Å². The maximum atomic E-state index is 5.55. The van der Waals surface area contributed by atoms with Crippen LogP contribution < -0.4 is 5.32 Å². The zero-order chi connectivity index (χ0) is 13.2. The minimum atomic E-state index is 0.505. The van der Waals surface area contributed by atoms with Gasteiger partial charge >= 0.3 is 0 Å². The third kappa shape index (κ3) is 2.55. The van der Waals surface area contributed by atoms with Gasteiger partial charge in [0.25, 0.3) is 0 Å². The van der Waals surface area contributed by atoms with Crippen molar-refractivity contribution in [1.29, 1.82) is 0 Å². The van der Waals surface area contributed by atoms with E-state index in [1.807, 2.05) is 0 Å². The summed E-state index contributed by atoms with van der Waals surface area (Å²) in [5.74, 6) is 1.81. The molecule has 1 fully saturated rings. The van der Waals surface area contributed by atoms with E-state index in [-0.39, 0.29) is 0 Å². The Bertz CT molecular complexity index is 440. The Hall–Kier alpha value is -0.550. The molecule has 0 aromatic carbocycles. The van der Waals surface area contributed by atoms with Gasteiger partial charge in [0.2, 0.25) is 0 Å². The number of nitrogens with zero attached hydrogens (tertiary/aromatic N) is 2. The Morgan fingerprint density at radius 1 is 1.47 bits per heavy atom. The number of fused-ring (bicyclic) bond motifs is 1. The Labute approximate surface area is 123 Å². The van der Waals surface area contributed by atoms with E-state index >= 15 is 0 Å². The quantitative estimate of drug-likeness (QED) is 0.921. The minimum absolute atomic E-state index is 0.505. The lowest BCUT2D eigenvalue weighted by Crippen LogP contribution is -2.29. The van der Waals surface area contributed by atoms with Gasteiger partial charge in [-0.15, -0.1) is 0 Å². The van der Waals surface area contributed by atoms with Crippen molar-refractivity contribution in [2.75, 3.05) is 25.1 Å². The first-order chi connectivity index (χ1) is 9.31. The lowest BCUT2D eigenvalue weighted by Gasteiger charge is -2.29. The second-order valence-electron chi connectivity index (χ2n) is 5.56. The number of rotatable bonds is 4. The Morgan fingerprint density at radius 3 is 3.11 bits per heavy atom. The summed E-state index contributed by atoms with van der Waals surface area (Å²) in [6.45, 7) is 5.07. The van der Waals surface area contributed by atoms with E-state index < -0.39 is 0 Å². The molecule has 1 aromatic heterocycles. The van der Waals surface area contributed by atoms with Crippen molar-refractivity contribution in [1.82, 2.24) is 9.78 Å². The van der Waals surface area contributed by atoms with Crippen LogP contribution in [0, 0.1) is 5.92 Å². The number of nitrogens with one attached hydrogen (secondary N) is 1. The molecule has 2 aliphatic rings. The lowest BCUT2D eigenvalue weighted by molar-refractivity contribution is 0.167. The summed E-state index contributed by atoms with van der Waals surface area (Å²) in [4.78, 5) is 0. The summed E-state index contributed by atoms with van der Waals surface area (Å²) in [6, 6.07) is 0.505. The molecule has 2 aliphatic heterocycles. The van der Waals surface area contributed by atoms with Crippen LogP contribution in [0.4, 0.5) is 5.82 Å². The molecule has 4 nitrogen and oxygen atoms in total. The molecule has 3 heterocycles.